The van der Waals surface area contributed by atoms with Crippen LogP contribution in [0.25, 0.3) is 0 Å². The third kappa shape index (κ3) is 3.12. The summed E-state index contributed by atoms with van der Waals surface area (Å²) in [5, 5.41) is 0. The molecule has 94 valence electrons. The summed E-state index contributed by atoms with van der Waals surface area (Å²) in [6.45, 7) is 1.15. The number of fused-ring (bicyclic) bond motifs is 1. The van der Waals surface area contributed by atoms with E-state index in [0.717, 1.165) is 16.7 Å². The highest BCUT2D eigenvalue weighted by Gasteiger charge is 2.16. The van der Waals surface area contributed by atoms with Crippen LogP contribution < -0.4 is 4.74 Å². The van der Waals surface area contributed by atoms with Crippen molar-refractivity contribution in [3.63, 3.8) is 0 Å². The van der Waals surface area contributed by atoms with Gasteiger partial charge in [-0.15, -0.1) is 0 Å². The molecule has 0 saturated heterocycles. The van der Waals surface area contributed by atoms with Crippen molar-refractivity contribution in [2.24, 2.45) is 0 Å². The van der Waals surface area contributed by atoms with E-state index in [1.165, 1.54) is 0 Å². The maximum atomic E-state index is 10.9. The van der Waals surface area contributed by atoms with Gasteiger partial charge in [0.1, 0.15) is 5.75 Å². The van der Waals surface area contributed by atoms with E-state index in [9.17, 15) is 8.42 Å². The molecule has 0 fully saturated rings. The van der Waals surface area contributed by atoms with Gasteiger partial charge in [0.15, 0.2) is 0 Å². The molecule has 6 heteroatoms. The van der Waals surface area contributed by atoms with Gasteiger partial charge in [-0.2, -0.15) is 0 Å². The highest BCUT2D eigenvalue weighted by molar-refractivity contribution is 8.13. The number of hydrogen-bond donors (Lipinski definition) is 0. The number of aryl methyl sites for hydroxylation is 1. The zero-order chi connectivity index (χ0) is 12.5. The van der Waals surface area contributed by atoms with Gasteiger partial charge in [-0.1, -0.05) is 0 Å². The first-order chi connectivity index (χ1) is 7.99. The number of rotatable bonds is 4. The van der Waals surface area contributed by atoms with Gasteiger partial charge < -0.3 is 9.47 Å². The van der Waals surface area contributed by atoms with Gasteiger partial charge in [-0.25, -0.2) is 8.42 Å². The number of benzene rings is 1. The molecule has 0 unspecified atom stereocenters. The minimum Gasteiger partial charge on any atom is -0.496 e. The molecule has 0 amide bonds. The highest BCUT2D eigenvalue weighted by Crippen LogP contribution is 2.29. The summed E-state index contributed by atoms with van der Waals surface area (Å²) in [6, 6.07) is 3.84. The Morgan fingerprint density at radius 2 is 2.00 bits per heavy atom. The second kappa shape index (κ2) is 4.84. The van der Waals surface area contributed by atoms with Crippen LogP contribution in [0.5, 0.6) is 5.75 Å². The van der Waals surface area contributed by atoms with E-state index in [-0.39, 0.29) is 5.75 Å². The topological polar surface area (TPSA) is 52.6 Å². The lowest BCUT2D eigenvalue weighted by molar-refractivity contribution is 0.134. The molecule has 1 aromatic rings. The monoisotopic (exact) mass is 276 g/mol. The van der Waals surface area contributed by atoms with Crippen LogP contribution in [0.2, 0.25) is 0 Å². The molecule has 1 aromatic carbocycles. The van der Waals surface area contributed by atoms with Gasteiger partial charge >= 0.3 is 0 Å². The number of hydrogen-bond acceptors (Lipinski definition) is 4. The predicted octanol–water partition coefficient (Wildman–Crippen LogP) is 1.84. The molecule has 2 rings (SSSR count). The van der Waals surface area contributed by atoms with Crippen molar-refractivity contribution >= 4 is 19.7 Å². The summed E-state index contributed by atoms with van der Waals surface area (Å²) in [7, 11) is 3.29. The lowest BCUT2D eigenvalue weighted by Gasteiger charge is -2.10. The zero-order valence-corrected chi connectivity index (χ0v) is 11.0. The van der Waals surface area contributed by atoms with Crippen molar-refractivity contribution in [3.05, 3.63) is 28.8 Å². The Labute approximate surface area is 105 Å². The first-order valence-corrected chi connectivity index (χ1v) is 7.66. The Hall–Kier alpha value is -0.780. The predicted molar refractivity (Wildman–Crippen MR) is 64.8 cm³/mol. The fourth-order valence-corrected chi connectivity index (χ4v) is 2.57. The maximum Gasteiger partial charge on any atom is 0.232 e. The number of halogens is 1. The lowest BCUT2D eigenvalue weighted by Crippen LogP contribution is -2.03. The molecule has 0 aromatic heterocycles. The summed E-state index contributed by atoms with van der Waals surface area (Å²) in [5.41, 5.74) is 3.04. The van der Waals surface area contributed by atoms with E-state index in [4.69, 9.17) is 20.2 Å². The zero-order valence-electron chi connectivity index (χ0n) is 9.40. The van der Waals surface area contributed by atoms with Gasteiger partial charge in [-0.05, 0) is 35.2 Å². The van der Waals surface area contributed by atoms with Gasteiger partial charge in [0.05, 0.1) is 26.1 Å². The molecule has 17 heavy (non-hydrogen) atoms. The number of ether oxygens (including phenoxy) is 2. The summed E-state index contributed by atoms with van der Waals surface area (Å²) < 4.78 is 32.4. The molecule has 1 aliphatic rings. The molecule has 4 nitrogen and oxygen atoms in total. The third-order valence-electron chi connectivity index (χ3n) is 2.73. The first kappa shape index (κ1) is 12.7. The lowest BCUT2D eigenvalue weighted by atomic mass is 10.0. The molecule has 0 bridgehead atoms. The molecule has 0 atom stereocenters. The van der Waals surface area contributed by atoms with E-state index in [0.29, 0.717) is 25.4 Å². The van der Waals surface area contributed by atoms with E-state index in [1.54, 1.807) is 7.11 Å². The van der Waals surface area contributed by atoms with Crippen molar-refractivity contribution in [2.45, 2.75) is 19.6 Å². The second-order valence-corrected chi connectivity index (χ2v) is 6.82. The Morgan fingerprint density at radius 3 is 2.59 bits per heavy atom. The second-order valence-electron chi connectivity index (χ2n) is 3.92. The molecule has 1 heterocycles. The Morgan fingerprint density at radius 1 is 1.35 bits per heavy atom. The van der Waals surface area contributed by atoms with E-state index in [2.05, 4.69) is 0 Å². The molecular formula is C11H13ClO4S. The summed E-state index contributed by atoms with van der Waals surface area (Å²) >= 11 is 0. The van der Waals surface area contributed by atoms with Crippen LogP contribution in [-0.4, -0.2) is 21.3 Å². The first-order valence-electron chi connectivity index (χ1n) is 5.18. The molecule has 0 N–H and O–H groups in total. The minimum atomic E-state index is -3.48. The van der Waals surface area contributed by atoms with Crippen molar-refractivity contribution in [1.82, 2.24) is 0 Å². The van der Waals surface area contributed by atoms with Gasteiger partial charge in [0.25, 0.3) is 0 Å². The van der Waals surface area contributed by atoms with Crippen LogP contribution in [0.4, 0.5) is 0 Å². The fourth-order valence-electron chi connectivity index (χ4n) is 1.87. The third-order valence-corrected chi connectivity index (χ3v) is 3.89. The van der Waals surface area contributed by atoms with Gasteiger partial charge in [-0.3, -0.25) is 0 Å². The quantitative estimate of drug-likeness (QED) is 0.788. The minimum absolute atomic E-state index is 0.0927. The van der Waals surface area contributed by atoms with Crippen molar-refractivity contribution in [2.75, 3.05) is 12.9 Å². The standard InChI is InChI=1S/C11H13ClO4S/c1-15-11-5-10-7-16-6-9(10)4-8(11)2-3-17(12,13)14/h4-5H,2-3,6-7H2,1H3. The average Bonchev–Trinajstić information content (AvgIpc) is 2.70. The van der Waals surface area contributed by atoms with Crippen LogP contribution in [0, 0.1) is 0 Å². The summed E-state index contributed by atoms with van der Waals surface area (Å²) in [4.78, 5) is 0. The van der Waals surface area contributed by atoms with Crippen molar-refractivity contribution in [3.8, 4) is 5.75 Å². The molecule has 0 aliphatic carbocycles. The molecule has 1 aliphatic heterocycles. The van der Waals surface area contributed by atoms with E-state index in [1.807, 2.05) is 12.1 Å². The Kier molecular flexibility index (Phi) is 3.61. The van der Waals surface area contributed by atoms with E-state index < -0.39 is 9.05 Å². The molecular weight excluding hydrogens is 264 g/mol. The Balaban J connectivity index is 2.26. The van der Waals surface area contributed by atoms with E-state index >= 15 is 0 Å². The number of methoxy groups -OCH3 is 1. The van der Waals surface area contributed by atoms with Gasteiger partial charge in [0, 0.05) is 10.7 Å². The Bertz CT molecular complexity index is 525. The summed E-state index contributed by atoms with van der Waals surface area (Å²) in [6.07, 6.45) is 0.349. The molecule has 0 spiro atoms. The molecule has 0 radical (unpaired) electrons. The van der Waals surface area contributed by atoms with Gasteiger partial charge in [0.2, 0.25) is 9.05 Å². The normalized spacial score (nSPS) is 14.7. The van der Waals surface area contributed by atoms with Crippen LogP contribution in [0.15, 0.2) is 12.1 Å². The SMILES string of the molecule is COc1cc2c(cc1CCS(=O)(=O)Cl)COC2. The van der Waals surface area contributed by atoms with Crippen LogP contribution in [-0.2, 0) is 33.4 Å². The van der Waals surface area contributed by atoms with Crippen LogP contribution in [0.3, 0.4) is 0 Å². The summed E-state index contributed by atoms with van der Waals surface area (Å²) in [5.74, 6) is 0.597. The largest absolute Gasteiger partial charge is 0.496 e. The van der Waals surface area contributed by atoms with Crippen LogP contribution in [0.1, 0.15) is 16.7 Å². The highest BCUT2D eigenvalue weighted by atomic mass is 35.7. The van der Waals surface area contributed by atoms with Crippen LogP contribution >= 0.6 is 10.7 Å². The maximum absolute atomic E-state index is 10.9. The smallest absolute Gasteiger partial charge is 0.232 e. The molecule has 0 saturated carbocycles. The van der Waals surface area contributed by atoms with Crippen molar-refractivity contribution in [1.29, 1.82) is 0 Å². The fraction of sp³-hybridized carbons (Fsp3) is 0.455. The average molecular weight is 277 g/mol. The van der Waals surface area contributed by atoms with Crippen molar-refractivity contribution < 1.29 is 17.9 Å².